The zero-order valence-electron chi connectivity index (χ0n) is 12.5. The first-order valence-electron chi connectivity index (χ1n) is 6.13. The third kappa shape index (κ3) is 4.69. The third-order valence-corrected chi connectivity index (χ3v) is 2.22. The highest BCUT2D eigenvalue weighted by atomic mass is 19.3. The Morgan fingerprint density at radius 1 is 1.43 bits per heavy atom. The van der Waals surface area contributed by atoms with Crippen molar-refractivity contribution in [3.63, 3.8) is 0 Å². The first kappa shape index (κ1) is 16.9. The quantitative estimate of drug-likeness (QED) is 0.849. The Bertz CT molecular complexity index is 537. The molecule has 21 heavy (non-hydrogen) atoms. The van der Waals surface area contributed by atoms with Crippen LogP contribution in [0.25, 0.3) is 0 Å². The number of hydrogen-bond acceptors (Lipinski definition) is 4. The number of amides is 2. The number of ether oxygens (including phenoxy) is 1. The molecular formula is C12H18F2N4O3. The lowest BCUT2D eigenvalue weighted by atomic mass is 10.2. The summed E-state index contributed by atoms with van der Waals surface area (Å²) in [7, 11) is 1.23. The molecule has 9 heteroatoms. The fraction of sp³-hybridized carbons (Fsp3) is 0.583. The molecule has 0 saturated heterocycles. The Kier molecular flexibility index (Phi) is 4.87. The van der Waals surface area contributed by atoms with Crippen LogP contribution in [-0.4, -0.2) is 39.4 Å². The van der Waals surface area contributed by atoms with E-state index in [1.165, 1.54) is 20.0 Å². The maximum atomic E-state index is 12.8. The Morgan fingerprint density at radius 2 is 2.00 bits per heavy atom. The number of nitrogens with one attached hydrogen (secondary N) is 1. The zero-order valence-corrected chi connectivity index (χ0v) is 12.5. The van der Waals surface area contributed by atoms with Crippen molar-refractivity contribution in [2.75, 3.05) is 7.05 Å². The lowest BCUT2D eigenvalue weighted by Gasteiger charge is -2.23. The highest BCUT2D eigenvalue weighted by molar-refractivity contribution is 5.93. The highest BCUT2D eigenvalue weighted by Gasteiger charge is 2.25. The summed E-state index contributed by atoms with van der Waals surface area (Å²) >= 11 is 0. The van der Waals surface area contributed by atoms with Gasteiger partial charge in [-0.1, -0.05) is 0 Å². The molecule has 0 radical (unpaired) electrons. The van der Waals surface area contributed by atoms with Gasteiger partial charge < -0.3 is 4.74 Å². The number of aromatic nitrogens is 2. The number of carbonyl (C=O) groups is 2. The molecule has 0 saturated carbocycles. The van der Waals surface area contributed by atoms with E-state index in [0.29, 0.717) is 4.68 Å². The SMILES string of the molecule is Cc1cc(C(=O)N(C)NC(=O)OC(C)(C)C)n(C(F)F)n1. The van der Waals surface area contributed by atoms with E-state index in [4.69, 9.17) is 4.74 Å². The molecule has 118 valence electrons. The molecule has 0 spiro atoms. The molecule has 0 bridgehead atoms. The minimum absolute atomic E-state index is 0.268. The van der Waals surface area contributed by atoms with E-state index >= 15 is 0 Å². The topological polar surface area (TPSA) is 76.5 Å². The molecule has 1 aromatic rings. The van der Waals surface area contributed by atoms with Crippen molar-refractivity contribution < 1.29 is 23.1 Å². The second kappa shape index (κ2) is 6.06. The fourth-order valence-electron chi connectivity index (χ4n) is 1.49. The molecule has 2 amide bonds. The van der Waals surface area contributed by atoms with E-state index in [-0.39, 0.29) is 11.4 Å². The Balaban J connectivity index is 2.82. The zero-order chi connectivity index (χ0) is 16.4. The number of hydrazine groups is 1. The van der Waals surface area contributed by atoms with Crippen LogP contribution in [0.2, 0.25) is 0 Å². The number of hydrogen-bond donors (Lipinski definition) is 1. The van der Waals surface area contributed by atoms with Gasteiger partial charge in [0.2, 0.25) is 0 Å². The van der Waals surface area contributed by atoms with Crippen molar-refractivity contribution in [2.24, 2.45) is 0 Å². The minimum Gasteiger partial charge on any atom is -0.443 e. The van der Waals surface area contributed by atoms with Crippen LogP contribution in [0.3, 0.4) is 0 Å². The maximum absolute atomic E-state index is 12.8. The standard InChI is InChI=1S/C12H18F2N4O3/c1-7-6-8(18(15-7)10(13)14)9(19)17(5)16-11(20)21-12(2,3)4/h6,10H,1-5H3,(H,16,20). The van der Waals surface area contributed by atoms with Crippen LogP contribution in [0.1, 0.15) is 43.5 Å². The number of rotatable bonds is 2. The fourth-order valence-corrected chi connectivity index (χ4v) is 1.49. The van der Waals surface area contributed by atoms with Gasteiger partial charge in [-0.05, 0) is 33.8 Å². The smallest absolute Gasteiger partial charge is 0.426 e. The number of alkyl halides is 2. The van der Waals surface area contributed by atoms with Crippen LogP contribution < -0.4 is 5.43 Å². The van der Waals surface area contributed by atoms with E-state index in [0.717, 1.165) is 5.01 Å². The summed E-state index contributed by atoms with van der Waals surface area (Å²) in [5.41, 5.74) is 1.34. The van der Waals surface area contributed by atoms with Crippen LogP contribution in [0.15, 0.2) is 6.07 Å². The van der Waals surface area contributed by atoms with E-state index in [1.807, 2.05) is 0 Å². The van der Waals surface area contributed by atoms with Crippen LogP contribution in [-0.2, 0) is 4.74 Å². The molecule has 1 aromatic heterocycles. The number of aryl methyl sites for hydroxylation is 1. The van der Waals surface area contributed by atoms with Crippen LogP contribution in [0.5, 0.6) is 0 Å². The van der Waals surface area contributed by atoms with Gasteiger partial charge >= 0.3 is 12.6 Å². The van der Waals surface area contributed by atoms with E-state index in [9.17, 15) is 18.4 Å². The number of carbonyl (C=O) groups excluding carboxylic acids is 2. The summed E-state index contributed by atoms with van der Waals surface area (Å²) in [6.45, 7) is 3.50. The third-order valence-electron chi connectivity index (χ3n) is 2.22. The normalized spacial score (nSPS) is 11.4. The Morgan fingerprint density at radius 3 is 2.48 bits per heavy atom. The average molecular weight is 304 g/mol. The van der Waals surface area contributed by atoms with Crippen molar-refractivity contribution >= 4 is 12.0 Å². The van der Waals surface area contributed by atoms with E-state index in [1.54, 1.807) is 20.8 Å². The molecule has 0 aliphatic rings. The highest BCUT2D eigenvalue weighted by Crippen LogP contribution is 2.15. The van der Waals surface area contributed by atoms with E-state index < -0.39 is 24.2 Å². The van der Waals surface area contributed by atoms with Crippen molar-refractivity contribution in [1.29, 1.82) is 0 Å². The molecule has 1 rings (SSSR count). The Hall–Kier alpha value is -2.19. The lowest BCUT2D eigenvalue weighted by molar-refractivity contribution is 0.0300. The first-order valence-corrected chi connectivity index (χ1v) is 6.13. The molecule has 0 aliphatic carbocycles. The van der Waals surface area contributed by atoms with Gasteiger partial charge in [-0.15, -0.1) is 0 Å². The van der Waals surface area contributed by atoms with Gasteiger partial charge in [0, 0.05) is 7.05 Å². The Labute approximate surface area is 120 Å². The predicted octanol–water partition coefficient (Wildman–Crippen LogP) is 2.10. The predicted molar refractivity (Wildman–Crippen MR) is 69.7 cm³/mol. The van der Waals surface area contributed by atoms with Crippen LogP contribution >= 0.6 is 0 Å². The molecule has 0 atom stereocenters. The summed E-state index contributed by atoms with van der Waals surface area (Å²) in [6.07, 6.45) is -0.863. The van der Waals surface area contributed by atoms with Gasteiger partial charge in [-0.25, -0.2) is 15.2 Å². The van der Waals surface area contributed by atoms with Gasteiger partial charge in [-0.2, -0.15) is 18.6 Å². The van der Waals surface area contributed by atoms with Gasteiger partial charge in [0.25, 0.3) is 5.91 Å². The summed E-state index contributed by atoms with van der Waals surface area (Å²) < 4.78 is 30.8. The largest absolute Gasteiger partial charge is 0.443 e. The van der Waals surface area contributed by atoms with Gasteiger partial charge in [0.15, 0.2) is 0 Å². The van der Waals surface area contributed by atoms with Crippen molar-refractivity contribution in [1.82, 2.24) is 20.2 Å². The van der Waals surface area contributed by atoms with Crippen LogP contribution in [0.4, 0.5) is 13.6 Å². The van der Waals surface area contributed by atoms with Crippen molar-refractivity contribution in [3.05, 3.63) is 17.5 Å². The second-order valence-corrected chi connectivity index (χ2v) is 5.37. The lowest BCUT2D eigenvalue weighted by Crippen LogP contribution is -2.46. The van der Waals surface area contributed by atoms with Crippen molar-refractivity contribution in [2.45, 2.75) is 39.8 Å². The molecule has 0 fully saturated rings. The molecule has 1 N–H and O–H groups in total. The summed E-state index contributed by atoms with van der Waals surface area (Å²) in [5, 5.41) is 4.29. The monoisotopic (exact) mass is 304 g/mol. The van der Waals surface area contributed by atoms with Gasteiger partial charge in [0.05, 0.1) is 5.69 Å². The summed E-state index contributed by atoms with van der Waals surface area (Å²) in [6, 6.07) is 1.21. The van der Waals surface area contributed by atoms with Gasteiger partial charge in [0.1, 0.15) is 11.3 Å². The van der Waals surface area contributed by atoms with Gasteiger partial charge in [-0.3, -0.25) is 4.79 Å². The molecule has 0 aliphatic heterocycles. The van der Waals surface area contributed by atoms with E-state index in [2.05, 4.69) is 10.5 Å². The second-order valence-electron chi connectivity index (χ2n) is 5.37. The number of halogens is 2. The maximum Gasteiger partial charge on any atom is 0.426 e. The summed E-state index contributed by atoms with van der Waals surface area (Å²) in [5.74, 6) is -0.832. The molecular weight excluding hydrogens is 286 g/mol. The van der Waals surface area contributed by atoms with Crippen LogP contribution in [0, 0.1) is 6.92 Å². The molecule has 1 heterocycles. The molecule has 0 aromatic carbocycles. The first-order chi connectivity index (χ1) is 9.51. The molecule has 0 unspecified atom stereocenters. The summed E-state index contributed by atoms with van der Waals surface area (Å²) in [4.78, 5) is 23.6. The van der Waals surface area contributed by atoms with Crippen molar-refractivity contribution in [3.8, 4) is 0 Å². The minimum atomic E-state index is -2.95. The number of nitrogens with zero attached hydrogens (tertiary/aromatic N) is 3. The average Bonchev–Trinajstić information content (AvgIpc) is 2.67. The molecule has 7 nitrogen and oxygen atoms in total.